The van der Waals surface area contributed by atoms with Crippen molar-refractivity contribution in [3.63, 3.8) is 0 Å². The predicted octanol–water partition coefficient (Wildman–Crippen LogP) is 3.88. The van der Waals surface area contributed by atoms with Gasteiger partial charge < -0.3 is 5.11 Å². The van der Waals surface area contributed by atoms with Crippen LogP contribution in [0, 0.1) is 0 Å². The maximum Gasteiger partial charge on any atom is 0.416 e. The minimum Gasteiger partial charge on any atom is -0.388 e. The summed E-state index contributed by atoms with van der Waals surface area (Å²) >= 11 is 1.57. The van der Waals surface area contributed by atoms with Crippen molar-refractivity contribution in [2.45, 2.75) is 31.4 Å². The summed E-state index contributed by atoms with van der Waals surface area (Å²) in [5.74, 6) is 0.489. The molecular formula is C12H15F3OS. The summed E-state index contributed by atoms with van der Waals surface area (Å²) in [6, 6.07) is 4.65. The Bertz CT molecular complexity index is 346. The smallest absolute Gasteiger partial charge is 0.388 e. The Morgan fingerprint density at radius 1 is 1.18 bits per heavy atom. The fourth-order valence-corrected chi connectivity index (χ4v) is 2.03. The Hall–Kier alpha value is -0.680. The Kier molecular flexibility index (Phi) is 4.89. The molecule has 0 fully saturated rings. The van der Waals surface area contributed by atoms with Crippen molar-refractivity contribution in [1.82, 2.24) is 0 Å². The molecule has 1 rings (SSSR count). The zero-order valence-electron chi connectivity index (χ0n) is 9.66. The van der Waals surface area contributed by atoms with Gasteiger partial charge in [-0.1, -0.05) is 26.0 Å². The van der Waals surface area contributed by atoms with Gasteiger partial charge in [0.2, 0.25) is 0 Å². The third kappa shape index (κ3) is 4.60. The summed E-state index contributed by atoms with van der Waals surface area (Å²) in [7, 11) is 0. The average Bonchev–Trinajstić information content (AvgIpc) is 2.25. The first kappa shape index (κ1) is 14.4. The van der Waals surface area contributed by atoms with Crippen LogP contribution in [0.4, 0.5) is 13.2 Å². The van der Waals surface area contributed by atoms with E-state index in [1.54, 1.807) is 11.8 Å². The standard InChI is InChI=1S/C12H15F3OS/c1-8(2)17-7-11(16)9-3-5-10(6-4-9)12(13,14)15/h3-6,8,11,16H,7H2,1-2H3. The van der Waals surface area contributed by atoms with Crippen LogP contribution < -0.4 is 0 Å². The maximum atomic E-state index is 12.3. The van der Waals surface area contributed by atoms with E-state index in [0.29, 0.717) is 16.6 Å². The molecule has 96 valence electrons. The molecule has 0 amide bonds. The minimum absolute atomic E-state index is 0.388. The van der Waals surface area contributed by atoms with Crippen molar-refractivity contribution in [1.29, 1.82) is 0 Å². The molecule has 0 aliphatic carbocycles. The highest BCUT2D eigenvalue weighted by atomic mass is 32.2. The number of hydrogen-bond acceptors (Lipinski definition) is 2. The van der Waals surface area contributed by atoms with E-state index < -0.39 is 17.8 Å². The first-order chi connectivity index (χ1) is 7.80. The van der Waals surface area contributed by atoms with Gasteiger partial charge in [0, 0.05) is 5.75 Å². The summed E-state index contributed by atoms with van der Waals surface area (Å²) in [6.07, 6.45) is -5.04. The number of thioether (sulfide) groups is 1. The van der Waals surface area contributed by atoms with Gasteiger partial charge in [0.05, 0.1) is 11.7 Å². The van der Waals surface area contributed by atoms with Gasteiger partial charge in [-0.05, 0) is 22.9 Å². The molecule has 0 aromatic heterocycles. The summed E-state index contributed by atoms with van der Waals surface area (Å²) in [6.45, 7) is 4.01. The van der Waals surface area contributed by atoms with E-state index in [1.807, 2.05) is 13.8 Å². The van der Waals surface area contributed by atoms with E-state index >= 15 is 0 Å². The molecule has 17 heavy (non-hydrogen) atoms. The van der Waals surface area contributed by atoms with Crippen molar-refractivity contribution in [3.05, 3.63) is 35.4 Å². The number of aliphatic hydroxyl groups excluding tert-OH is 1. The van der Waals surface area contributed by atoms with E-state index in [1.165, 1.54) is 12.1 Å². The fraction of sp³-hybridized carbons (Fsp3) is 0.500. The third-order valence-electron chi connectivity index (χ3n) is 2.21. The van der Waals surface area contributed by atoms with E-state index in [4.69, 9.17) is 0 Å². The Morgan fingerprint density at radius 2 is 1.71 bits per heavy atom. The molecule has 0 aliphatic heterocycles. The minimum atomic E-state index is -4.32. The number of benzene rings is 1. The second-order valence-electron chi connectivity index (χ2n) is 4.02. The number of halogens is 3. The summed E-state index contributed by atoms with van der Waals surface area (Å²) in [5, 5.41) is 10.1. The molecule has 1 aromatic carbocycles. The molecule has 0 bridgehead atoms. The fourth-order valence-electron chi connectivity index (χ4n) is 1.27. The second kappa shape index (κ2) is 5.78. The molecule has 1 unspecified atom stereocenters. The van der Waals surface area contributed by atoms with Crippen LogP contribution in [-0.2, 0) is 6.18 Å². The highest BCUT2D eigenvalue weighted by Gasteiger charge is 2.30. The van der Waals surface area contributed by atoms with Crippen LogP contribution in [0.5, 0.6) is 0 Å². The van der Waals surface area contributed by atoms with Gasteiger partial charge in [-0.15, -0.1) is 0 Å². The quantitative estimate of drug-likeness (QED) is 0.890. The van der Waals surface area contributed by atoms with E-state index in [2.05, 4.69) is 0 Å². The first-order valence-corrected chi connectivity index (χ1v) is 6.32. The van der Waals surface area contributed by atoms with Crippen molar-refractivity contribution in [2.75, 3.05) is 5.75 Å². The number of aliphatic hydroxyl groups is 1. The molecule has 0 aliphatic rings. The topological polar surface area (TPSA) is 20.2 Å². The van der Waals surface area contributed by atoms with Crippen LogP contribution >= 0.6 is 11.8 Å². The molecule has 1 aromatic rings. The molecule has 5 heteroatoms. The summed E-state index contributed by atoms with van der Waals surface area (Å²) in [5.41, 5.74) is -0.170. The van der Waals surface area contributed by atoms with Crippen molar-refractivity contribution < 1.29 is 18.3 Å². The van der Waals surface area contributed by atoms with Crippen LogP contribution in [0.2, 0.25) is 0 Å². The van der Waals surface area contributed by atoms with Gasteiger partial charge in [-0.3, -0.25) is 0 Å². The number of hydrogen-bond donors (Lipinski definition) is 1. The second-order valence-corrected chi connectivity index (χ2v) is 5.63. The largest absolute Gasteiger partial charge is 0.416 e. The molecule has 0 saturated heterocycles. The first-order valence-electron chi connectivity index (χ1n) is 5.27. The SMILES string of the molecule is CC(C)SCC(O)c1ccc(C(F)(F)F)cc1. The van der Waals surface area contributed by atoms with Crippen LogP contribution in [-0.4, -0.2) is 16.1 Å². The van der Waals surface area contributed by atoms with Crippen LogP contribution in [0.1, 0.15) is 31.1 Å². The third-order valence-corrected chi connectivity index (χ3v) is 3.39. The highest BCUT2D eigenvalue weighted by molar-refractivity contribution is 7.99. The molecule has 0 spiro atoms. The molecule has 0 heterocycles. The van der Waals surface area contributed by atoms with Crippen molar-refractivity contribution in [2.24, 2.45) is 0 Å². The lowest BCUT2D eigenvalue weighted by molar-refractivity contribution is -0.137. The Morgan fingerprint density at radius 3 is 2.12 bits per heavy atom. The molecular weight excluding hydrogens is 249 g/mol. The Balaban J connectivity index is 2.67. The monoisotopic (exact) mass is 264 g/mol. The highest BCUT2D eigenvalue weighted by Crippen LogP contribution is 2.30. The van der Waals surface area contributed by atoms with E-state index in [0.717, 1.165) is 12.1 Å². The van der Waals surface area contributed by atoms with E-state index in [-0.39, 0.29) is 0 Å². The van der Waals surface area contributed by atoms with Crippen molar-refractivity contribution >= 4 is 11.8 Å². The van der Waals surface area contributed by atoms with Gasteiger partial charge in [-0.25, -0.2) is 0 Å². The summed E-state index contributed by atoms with van der Waals surface area (Å²) < 4.78 is 36.9. The molecule has 1 N–H and O–H groups in total. The van der Waals surface area contributed by atoms with Crippen LogP contribution in [0.15, 0.2) is 24.3 Å². The number of alkyl halides is 3. The van der Waals surface area contributed by atoms with Gasteiger partial charge in [0.15, 0.2) is 0 Å². The average molecular weight is 264 g/mol. The predicted molar refractivity (Wildman–Crippen MR) is 64.0 cm³/mol. The summed E-state index contributed by atoms with van der Waals surface area (Å²) in [4.78, 5) is 0. The van der Waals surface area contributed by atoms with Gasteiger partial charge >= 0.3 is 6.18 Å². The maximum absolute atomic E-state index is 12.3. The number of rotatable bonds is 4. The molecule has 1 atom stereocenters. The molecule has 1 nitrogen and oxygen atoms in total. The normalized spacial score (nSPS) is 14.1. The van der Waals surface area contributed by atoms with Crippen LogP contribution in [0.25, 0.3) is 0 Å². The van der Waals surface area contributed by atoms with Gasteiger partial charge in [-0.2, -0.15) is 24.9 Å². The lowest BCUT2D eigenvalue weighted by Crippen LogP contribution is -2.07. The van der Waals surface area contributed by atoms with Gasteiger partial charge in [0.1, 0.15) is 0 Å². The Labute approximate surface area is 103 Å². The molecule has 0 radical (unpaired) electrons. The zero-order valence-corrected chi connectivity index (χ0v) is 10.5. The lowest BCUT2D eigenvalue weighted by Gasteiger charge is -2.13. The molecule has 0 saturated carbocycles. The van der Waals surface area contributed by atoms with Crippen LogP contribution in [0.3, 0.4) is 0 Å². The van der Waals surface area contributed by atoms with E-state index in [9.17, 15) is 18.3 Å². The zero-order chi connectivity index (χ0) is 13.1. The van der Waals surface area contributed by atoms with Crippen molar-refractivity contribution in [3.8, 4) is 0 Å². The lowest BCUT2D eigenvalue weighted by atomic mass is 10.1. The van der Waals surface area contributed by atoms with Gasteiger partial charge in [0.25, 0.3) is 0 Å².